The summed E-state index contributed by atoms with van der Waals surface area (Å²) in [6.07, 6.45) is 5.50. The molecule has 1 aromatic carbocycles. The standard InChI is InChI=1S/C17H24/c1-16(2)10-8-12-9-11-17(3,4)14-7-5-6-13(16)15(12)14/h5-7,12H,8-11H2,1-4H3. The lowest BCUT2D eigenvalue weighted by Crippen LogP contribution is -2.34. The van der Waals surface area contributed by atoms with Crippen molar-refractivity contribution in [1.82, 2.24) is 0 Å². The van der Waals surface area contributed by atoms with E-state index >= 15 is 0 Å². The summed E-state index contributed by atoms with van der Waals surface area (Å²) in [4.78, 5) is 0. The van der Waals surface area contributed by atoms with Crippen LogP contribution in [0.3, 0.4) is 0 Å². The molecule has 0 radical (unpaired) electrons. The lowest BCUT2D eigenvalue weighted by molar-refractivity contribution is 0.320. The molecule has 2 aliphatic rings. The Morgan fingerprint density at radius 1 is 0.882 bits per heavy atom. The lowest BCUT2D eigenvalue weighted by atomic mass is 9.59. The summed E-state index contributed by atoms with van der Waals surface area (Å²) >= 11 is 0. The van der Waals surface area contributed by atoms with Crippen molar-refractivity contribution in [1.29, 1.82) is 0 Å². The van der Waals surface area contributed by atoms with Crippen molar-refractivity contribution in [3.8, 4) is 0 Å². The van der Waals surface area contributed by atoms with Gasteiger partial charge in [0.25, 0.3) is 0 Å². The lowest BCUT2D eigenvalue weighted by Gasteiger charge is -2.45. The fourth-order valence-electron chi connectivity index (χ4n) is 3.96. The highest BCUT2D eigenvalue weighted by Gasteiger charge is 2.40. The maximum Gasteiger partial charge on any atom is -0.0100 e. The van der Waals surface area contributed by atoms with Crippen molar-refractivity contribution in [2.75, 3.05) is 0 Å². The topological polar surface area (TPSA) is 0 Å². The van der Waals surface area contributed by atoms with E-state index in [4.69, 9.17) is 0 Å². The Kier molecular flexibility index (Phi) is 2.24. The molecule has 17 heavy (non-hydrogen) atoms. The van der Waals surface area contributed by atoms with Gasteiger partial charge in [0.15, 0.2) is 0 Å². The molecule has 0 unspecified atom stereocenters. The first-order valence-electron chi connectivity index (χ1n) is 7.06. The van der Waals surface area contributed by atoms with Gasteiger partial charge < -0.3 is 0 Å². The second-order valence-electron chi connectivity index (χ2n) is 7.31. The smallest absolute Gasteiger partial charge is 0.0100 e. The van der Waals surface area contributed by atoms with Gasteiger partial charge in [-0.3, -0.25) is 0 Å². The maximum absolute atomic E-state index is 2.42. The summed E-state index contributed by atoms with van der Waals surface area (Å²) in [6, 6.07) is 7.05. The van der Waals surface area contributed by atoms with E-state index in [1.165, 1.54) is 25.7 Å². The van der Waals surface area contributed by atoms with Crippen molar-refractivity contribution >= 4 is 0 Å². The van der Waals surface area contributed by atoms with Gasteiger partial charge in [0.1, 0.15) is 0 Å². The molecular weight excluding hydrogens is 204 g/mol. The fourth-order valence-corrected chi connectivity index (χ4v) is 3.96. The summed E-state index contributed by atoms with van der Waals surface area (Å²) in [5.41, 5.74) is 5.77. The number of benzene rings is 1. The van der Waals surface area contributed by atoms with Crippen LogP contribution in [0, 0.1) is 0 Å². The van der Waals surface area contributed by atoms with Crippen LogP contribution >= 0.6 is 0 Å². The second-order valence-corrected chi connectivity index (χ2v) is 7.31. The molecule has 0 aromatic heterocycles. The molecule has 0 saturated carbocycles. The van der Waals surface area contributed by atoms with Crippen molar-refractivity contribution in [2.24, 2.45) is 0 Å². The first kappa shape index (κ1) is 11.3. The summed E-state index contributed by atoms with van der Waals surface area (Å²) in [5.74, 6) is 0.849. The summed E-state index contributed by atoms with van der Waals surface area (Å²) < 4.78 is 0. The minimum atomic E-state index is 0.384. The SMILES string of the molecule is CC1(C)CCC2CCC(C)(C)c3cccc1c32. The van der Waals surface area contributed by atoms with Crippen LogP contribution in [0.5, 0.6) is 0 Å². The summed E-state index contributed by atoms with van der Waals surface area (Å²) in [5, 5.41) is 0. The Balaban J connectivity index is 2.26. The third kappa shape index (κ3) is 1.57. The normalized spacial score (nSPS) is 25.4. The van der Waals surface area contributed by atoms with E-state index in [2.05, 4.69) is 45.9 Å². The van der Waals surface area contributed by atoms with Gasteiger partial charge in [-0.25, -0.2) is 0 Å². The van der Waals surface area contributed by atoms with Gasteiger partial charge in [0.2, 0.25) is 0 Å². The molecule has 0 heterocycles. The third-order valence-electron chi connectivity index (χ3n) is 5.21. The van der Waals surface area contributed by atoms with Crippen LogP contribution < -0.4 is 0 Å². The second kappa shape index (κ2) is 3.37. The monoisotopic (exact) mass is 228 g/mol. The molecule has 3 rings (SSSR count). The predicted octanol–water partition coefficient (Wildman–Crippen LogP) is 4.91. The molecule has 0 N–H and O–H groups in total. The Hall–Kier alpha value is -0.780. The molecule has 0 spiro atoms. The molecule has 0 heteroatoms. The van der Waals surface area contributed by atoms with Gasteiger partial charge >= 0.3 is 0 Å². The molecule has 92 valence electrons. The van der Waals surface area contributed by atoms with Gasteiger partial charge in [-0.1, -0.05) is 45.9 Å². The molecule has 0 atom stereocenters. The number of rotatable bonds is 0. The quantitative estimate of drug-likeness (QED) is 0.591. The molecule has 0 bridgehead atoms. The van der Waals surface area contributed by atoms with E-state index in [0.717, 1.165) is 5.92 Å². The van der Waals surface area contributed by atoms with Crippen molar-refractivity contribution in [3.05, 3.63) is 34.9 Å². The van der Waals surface area contributed by atoms with Gasteiger partial charge in [0, 0.05) is 0 Å². The molecule has 0 nitrogen and oxygen atoms in total. The van der Waals surface area contributed by atoms with Crippen LogP contribution in [0.1, 0.15) is 76.0 Å². The van der Waals surface area contributed by atoms with E-state index in [-0.39, 0.29) is 0 Å². The third-order valence-corrected chi connectivity index (χ3v) is 5.21. The molecule has 2 aliphatic carbocycles. The molecule has 1 aromatic rings. The van der Waals surface area contributed by atoms with Crippen LogP contribution in [0.4, 0.5) is 0 Å². The van der Waals surface area contributed by atoms with Crippen LogP contribution in [0.25, 0.3) is 0 Å². The van der Waals surface area contributed by atoms with E-state index in [9.17, 15) is 0 Å². The number of hydrogen-bond donors (Lipinski definition) is 0. The van der Waals surface area contributed by atoms with E-state index in [0.29, 0.717) is 10.8 Å². The molecule has 0 aliphatic heterocycles. The number of hydrogen-bond acceptors (Lipinski definition) is 0. The van der Waals surface area contributed by atoms with Gasteiger partial charge in [-0.15, -0.1) is 0 Å². The van der Waals surface area contributed by atoms with Gasteiger partial charge in [-0.05, 0) is 59.1 Å². The highest BCUT2D eigenvalue weighted by Crippen LogP contribution is 2.52. The molecule has 0 amide bonds. The van der Waals surface area contributed by atoms with Gasteiger partial charge in [-0.2, -0.15) is 0 Å². The van der Waals surface area contributed by atoms with Gasteiger partial charge in [0.05, 0.1) is 0 Å². The average Bonchev–Trinajstić information content (AvgIpc) is 2.27. The highest BCUT2D eigenvalue weighted by molar-refractivity contribution is 5.48. The van der Waals surface area contributed by atoms with Crippen LogP contribution in [0.2, 0.25) is 0 Å². The summed E-state index contributed by atoms with van der Waals surface area (Å²) in [6.45, 7) is 9.67. The highest BCUT2D eigenvalue weighted by atomic mass is 14.4. The van der Waals surface area contributed by atoms with Crippen LogP contribution in [-0.4, -0.2) is 0 Å². The van der Waals surface area contributed by atoms with E-state index in [1.807, 2.05) is 0 Å². The van der Waals surface area contributed by atoms with E-state index in [1.54, 1.807) is 16.7 Å². The zero-order chi connectivity index (χ0) is 12.3. The average molecular weight is 228 g/mol. The maximum atomic E-state index is 2.42. The molecular formula is C17H24. The van der Waals surface area contributed by atoms with E-state index < -0.39 is 0 Å². The fraction of sp³-hybridized carbons (Fsp3) is 0.647. The Morgan fingerprint density at radius 3 is 1.82 bits per heavy atom. The van der Waals surface area contributed by atoms with Crippen molar-refractivity contribution in [3.63, 3.8) is 0 Å². The molecule has 0 saturated heterocycles. The first-order chi connectivity index (χ1) is 7.92. The Morgan fingerprint density at radius 2 is 1.35 bits per heavy atom. The Bertz CT molecular complexity index is 413. The first-order valence-corrected chi connectivity index (χ1v) is 7.06. The molecule has 0 fully saturated rings. The predicted molar refractivity (Wildman–Crippen MR) is 73.7 cm³/mol. The Labute approximate surface area is 105 Å². The van der Waals surface area contributed by atoms with Crippen molar-refractivity contribution in [2.45, 2.75) is 70.1 Å². The zero-order valence-corrected chi connectivity index (χ0v) is 11.6. The minimum absolute atomic E-state index is 0.384. The minimum Gasteiger partial charge on any atom is -0.0617 e. The van der Waals surface area contributed by atoms with Crippen LogP contribution in [0.15, 0.2) is 18.2 Å². The van der Waals surface area contributed by atoms with Crippen LogP contribution in [-0.2, 0) is 10.8 Å². The van der Waals surface area contributed by atoms with Crippen molar-refractivity contribution < 1.29 is 0 Å². The largest absolute Gasteiger partial charge is 0.0617 e. The summed E-state index contributed by atoms with van der Waals surface area (Å²) in [7, 11) is 0. The zero-order valence-electron chi connectivity index (χ0n) is 11.6.